The highest BCUT2D eigenvalue weighted by Gasteiger charge is 2.18. The van der Waals surface area contributed by atoms with E-state index < -0.39 is 11.8 Å². The number of nitrogens with one attached hydrogen (secondary N) is 3. The molecule has 0 spiro atoms. The summed E-state index contributed by atoms with van der Waals surface area (Å²) in [4.78, 5) is 23.0. The van der Waals surface area contributed by atoms with E-state index in [1.54, 1.807) is 30.4 Å². The molecule has 0 radical (unpaired) electrons. The number of nitrogens with two attached hydrogens (primary N) is 2. The number of benzene rings is 5. The normalized spacial score (nSPS) is 11.2. The molecule has 72 heavy (non-hydrogen) atoms. The zero-order valence-electron chi connectivity index (χ0n) is 40.3. The van der Waals surface area contributed by atoms with E-state index in [0.717, 1.165) is 36.7 Å². The second-order valence-corrected chi connectivity index (χ2v) is 17.9. The molecule has 0 unspecified atom stereocenters. The molecule has 9 rings (SSSR count). The lowest BCUT2D eigenvalue weighted by Gasteiger charge is -2.15. The number of nitrogens with zero attached hydrogens (tertiary/aromatic N) is 7. The lowest BCUT2D eigenvalue weighted by atomic mass is 10.1. The highest BCUT2D eigenvalue weighted by Crippen LogP contribution is 2.32. The number of aromatic nitrogens is 6. The number of halogens is 1. The van der Waals surface area contributed by atoms with Gasteiger partial charge in [-0.3, -0.25) is 9.59 Å². The van der Waals surface area contributed by atoms with Gasteiger partial charge in [0.15, 0.2) is 17.1 Å². The third kappa shape index (κ3) is 14.6. The maximum atomic E-state index is 11.6. The summed E-state index contributed by atoms with van der Waals surface area (Å²) >= 11 is 2.21. The Morgan fingerprint density at radius 2 is 1.01 bits per heavy atom. The molecule has 0 atom stereocenters. The summed E-state index contributed by atoms with van der Waals surface area (Å²) in [6, 6.07) is 38.4. The van der Waals surface area contributed by atoms with Crippen LogP contribution in [0.3, 0.4) is 0 Å². The molecule has 8 N–H and O–H groups in total. The van der Waals surface area contributed by atoms with Gasteiger partial charge >= 0.3 is 0 Å². The van der Waals surface area contributed by atoms with E-state index in [0.29, 0.717) is 45.3 Å². The molecule has 3 aromatic heterocycles. The molecular weight excluding hydrogens is 1020 g/mol. The standard InChI is InChI=1S/C18H18N4O2.C18H16N4O.C12H13IN4O.C6H4O/c1-11(2)20-16-14-9-8-13(24-12-6-4-3-5-7-12)10-15(14)21-22-17(16)18(19)23;1-12(2)20-18-15-9-8-14(23-13-6-4-3-5-7-13)10-16(15)21-22-17(18)11-19;1-6(2)15-10-8-4-3-7(13)5-9(8)16-17-11(10)12(14)18;7-6-4-2-1-3-5-6/h3-11H,1-2H3,(H2,19,23)(H,20,21);3-10,12H,1-2H3,(H,20,21);3-6H,1-2H3,(H2,14,18)(H,15,16);1-4H/p+1. The average molecular weight is 1080 g/mol. The van der Waals surface area contributed by atoms with Gasteiger partial charge in [0.1, 0.15) is 35.1 Å². The van der Waals surface area contributed by atoms with Crippen molar-refractivity contribution in [3.8, 4) is 29.1 Å². The summed E-state index contributed by atoms with van der Waals surface area (Å²) in [5, 5.41) is 54.1. The van der Waals surface area contributed by atoms with Crippen LogP contribution in [0.1, 0.15) is 68.2 Å². The van der Waals surface area contributed by atoms with Gasteiger partial charge in [0.25, 0.3) is 17.6 Å². The van der Waals surface area contributed by atoms with E-state index >= 15 is 0 Å². The predicted molar refractivity (Wildman–Crippen MR) is 290 cm³/mol. The lowest BCUT2D eigenvalue weighted by Crippen LogP contribution is -2.20. The molecule has 8 aromatic rings. The van der Waals surface area contributed by atoms with Crippen LogP contribution in [0.15, 0.2) is 145 Å². The van der Waals surface area contributed by atoms with Crippen LogP contribution in [-0.2, 0) is 0 Å². The number of hydrogen-bond donors (Lipinski definition) is 6. The van der Waals surface area contributed by atoms with E-state index in [1.165, 1.54) is 0 Å². The van der Waals surface area contributed by atoms with Crippen LogP contribution in [0.4, 0.5) is 17.1 Å². The van der Waals surface area contributed by atoms with Gasteiger partial charge in [0, 0.05) is 56.1 Å². The summed E-state index contributed by atoms with van der Waals surface area (Å²) in [5.41, 5.74) is 15.3. The third-order valence-electron chi connectivity index (χ3n) is 9.71. The van der Waals surface area contributed by atoms with Crippen molar-refractivity contribution in [2.24, 2.45) is 11.5 Å². The van der Waals surface area contributed by atoms with E-state index in [9.17, 15) is 14.9 Å². The molecule has 0 aliphatic heterocycles. The van der Waals surface area contributed by atoms with Crippen molar-refractivity contribution in [3.63, 3.8) is 0 Å². The van der Waals surface area contributed by atoms with Gasteiger partial charge in [-0.1, -0.05) is 36.4 Å². The van der Waals surface area contributed by atoms with Gasteiger partial charge in [-0.2, -0.15) is 5.26 Å². The number of primary amides is 2. The van der Waals surface area contributed by atoms with Crippen LogP contribution in [0, 0.1) is 21.0 Å². The second-order valence-electron chi connectivity index (χ2n) is 16.6. The molecule has 364 valence electrons. The zero-order chi connectivity index (χ0) is 51.7. The van der Waals surface area contributed by atoms with E-state index in [1.807, 2.05) is 151 Å². The molecule has 2 amide bonds. The van der Waals surface area contributed by atoms with Crippen molar-refractivity contribution in [1.29, 1.82) is 5.26 Å². The molecule has 18 heteroatoms. The molecule has 0 bridgehead atoms. The van der Waals surface area contributed by atoms with E-state index in [2.05, 4.69) is 81.3 Å². The smallest absolute Gasteiger partial charge is 0.286 e. The second kappa shape index (κ2) is 25.2. The number of ether oxygens (including phenoxy) is 2. The number of carbonyl (C=O) groups is 2. The SMILES string of the molecule is CC(C)Nc1c(C#N)nnc2cc(Oc3ccccc3)ccc12.CC(C)Nc1c(C(N)=O)nnc2cc(I)ccc12.CC(C)Nc1c(C(N)=O)nnc2cc(Oc3ccccc3)ccc12.OC1=CC=CC=[C+]1. The van der Waals surface area contributed by atoms with Crippen molar-refractivity contribution in [3.05, 3.63) is 172 Å². The Morgan fingerprint density at radius 1 is 0.583 bits per heavy atom. The Kier molecular flexibility index (Phi) is 18.4. The van der Waals surface area contributed by atoms with Crippen molar-refractivity contribution in [2.45, 2.75) is 59.7 Å². The number of carbonyl (C=O) groups excluding carboxylic acids is 2. The van der Waals surface area contributed by atoms with Gasteiger partial charge in [-0.25, -0.2) is 0 Å². The molecule has 1 aliphatic carbocycles. The molecule has 1 aliphatic rings. The van der Waals surface area contributed by atoms with Crippen LogP contribution < -0.4 is 36.9 Å². The van der Waals surface area contributed by atoms with Gasteiger partial charge < -0.3 is 42.0 Å². The van der Waals surface area contributed by atoms with Crippen molar-refractivity contribution >= 4 is 84.2 Å². The Morgan fingerprint density at radius 3 is 1.42 bits per heavy atom. The Labute approximate surface area is 430 Å². The average Bonchev–Trinajstić information content (AvgIpc) is 3.35. The van der Waals surface area contributed by atoms with Crippen LogP contribution in [0.25, 0.3) is 32.7 Å². The first-order chi connectivity index (χ1) is 34.6. The monoisotopic (exact) mass is 1080 g/mol. The third-order valence-corrected chi connectivity index (χ3v) is 10.4. The molecular formula is C54H52IN12O5+. The first-order valence-corrected chi connectivity index (χ1v) is 23.7. The summed E-state index contributed by atoms with van der Waals surface area (Å²) in [7, 11) is 0. The van der Waals surface area contributed by atoms with Crippen LogP contribution in [0.5, 0.6) is 23.0 Å². The number of aliphatic hydroxyl groups is 1. The Balaban J connectivity index is 0.000000166. The number of rotatable bonds is 12. The fraction of sp³-hybridized carbons (Fsp3) is 0.167. The summed E-state index contributed by atoms with van der Waals surface area (Å²) < 4.78 is 12.7. The number of nitriles is 1. The Hall–Kier alpha value is -8.79. The van der Waals surface area contributed by atoms with Gasteiger partial charge in [-0.05, 0) is 131 Å². The van der Waals surface area contributed by atoms with Crippen LogP contribution in [-0.4, -0.2) is 65.6 Å². The summed E-state index contributed by atoms with van der Waals surface area (Å²) in [6.07, 6.45) is 9.39. The molecule has 5 aromatic carbocycles. The minimum Gasteiger partial charge on any atom is -0.481 e. The first kappa shape index (κ1) is 52.6. The number of aliphatic hydroxyl groups excluding tert-OH is 1. The molecule has 0 saturated carbocycles. The highest BCUT2D eigenvalue weighted by molar-refractivity contribution is 14.1. The summed E-state index contributed by atoms with van der Waals surface area (Å²) in [5.74, 6) is 1.82. The number of anilines is 3. The highest BCUT2D eigenvalue weighted by atomic mass is 127. The topological polar surface area (TPSA) is 262 Å². The van der Waals surface area contributed by atoms with E-state index in [4.69, 9.17) is 26.0 Å². The van der Waals surface area contributed by atoms with Crippen molar-refractivity contribution in [1.82, 2.24) is 30.6 Å². The molecule has 17 nitrogen and oxygen atoms in total. The summed E-state index contributed by atoms with van der Waals surface area (Å²) in [6.45, 7) is 12.0. The number of allylic oxidation sites excluding steroid dienone is 5. The van der Waals surface area contributed by atoms with Crippen molar-refractivity contribution in [2.75, 3.05) is 16.0 Å². The van der Waals surface area contributed by atoms with Gasteiger partial charge in [0.05, 0.1) is 51.8 Å². The fourth-order valence-electron chi connectivity index (χ4n) is 6.74. The van der Waals surface area contributed by atoms with Gasteiger partial charge in [-0.15, -0.1) is 30.6 Å². The number of para-hydroxylation sites is 2. The maximum Gasteiger partial charge on any atom is 0.286 e. The van der Waals surface area contributed by atoms with E-state index in [-0.39, 0.29) is 35.3 Å². The predicted octanol–water partition coefficient (Wildman–Crippen LogP) is 11.0. The molecule has 0 saturated heterocycles. The maximum absolute atomic E-state index is 11.6. The minimum atomic E-state index is -0.614. The number of fused-ring (bicyclic) bond motifs is 3. The van der Waals surface area contributed by atoms with Crippen molar-refractivity contribution < 1.29 is 24.2 Å². The zero-order valence-corrected chi connectivity index (χ0v) is 42.4. The first-order valence-electron chi connectivity index (χ1n) is 22.6. The number of hydrogen-bond acceptors (Lipinski definition) is 15. The fourth-order valence-corrected chi connectivity index (χ4v) is 7.22. The largest absolute Gasteiger partial charge is 0.481 e. The Bertz CT molecular complexity index is 3320. The van der Waals surface area contributed by atoms with Crippen LogP contribution >= 0.6 is 22.6 Å². The molecule has 0 fully saturated rings. The minimum absolute atomic E-state index is 0.121. The van der Waals surface area contributed by atoms with Crippen LogP contribution in [0.2, 0.25) is 0 Å². The lowest BCUT2D eigenvalue weighted by molar-refractivity contribution is 0.0987. The molecule has 3 heterocycles. The quantitative estimate of drug-likeness (QED) is 0.0491. The number of amides is 2. The van der Waals surface area contributed by atoms with Gasteiger partial charge in [0.2, 0.25) is 0 Å².